The van der Waals surface area contributed by atoms with Gasteiger partial charge in [0, 0.05) is 18.7 Å². The number of anilines is 1. The third-order valence-corrected chi connectivity index (χ3v) is 3.57. The van der Waals surface area contributed by atoms with Crippen molar-refractivity contribution in [2.24, 2.45) is 0 Å². The molecule has 0 aromatic heterocycles. The first-order valence-corrected chi connectivity index (χ1v) is 7.71. The molecule has 0 spiro atoms. The van der Waals surface area contributed by atoms with Crippen LogP contribution in [-0.2, 0) is 9.59 Å². The van der Waals surface area contributed by atoms with E-state index in [-0.39, 0.29) is 5.91 Å². The number of aliphatic carboxylic acids is 1. The Morgan fingerprint density at radius 2 is 1.86 bits per heavy atom. The summed E-state index contributed by atoms with van der Waals surface area (Å²) in [6.45, 7) is 6.62. The van der Waals surface area contributed by atoms with E-state index in [9.17, 15) is 9.59 Å². The number of carboxylic acids is 1. The van der Waals surface area contributed by atoms with Gasteiger partial charge in [0.25, 0.3) is 0 Å². The molecular formula is C17H26N2O3. The monoisotopic (exact) mass is 306 g/mol. The van der Waals surface area contributed by atoms with Crippen molar-refractivity contribution >= 4 is 17.6 Å². The molecule has 0 radical (unpaired) electrons. The average Bonchev–Trinajstić information content (AvgIpc) is 2.87. The number of carbonyl (C=O) groups is 2. The SMILES string of the molecule is CCCC(=O)N1CCC[C@H]1C(=O)O.Cc1cc(C)cc(N)c1. The van der Waals surface area contributed by atoms with E-state index in [4.69, 9.17) is 10.8 Å². The van der Waals surface area contributed by atoms with Gasteiger partial charge >= 0.3 is 5.97 Å². The highest BCUT2D eigenvalue weighted by atomic mass is 16.4. The lowest BCUT2D eigenvalue weighted by Crippen LogP contribution is -2.40. The van der Waals surface area contributed by atoms with Gasteiger partial charge in [-0.25, -0.2) is 4.79 Å². The van der Waals surface area contributed by atoms with Crippen molar-refractivity contribution in [1.82, 2.24) is 4.90 Å². The molecule has 1 aliphatic rings. The number of aryl methyl sites for hydroxylation is 2. The van der Waals surface area contributed by atoms with Gasteiger partial charge in [0.05, 0.1) is 0 Å². The van der Waals surface area contributed by atoms with E-state index in [1.807, 2.05) is 32.9 Å². The molecule has 1 atom stereocenters. The van der Waals surface area contributed by atoms with E-state index in [2.05, 4.69) is 6.07 Å². The van der Waals surface area contributed by atoms with Crippen molar-refractivity contribution in [1.29, 1.82) is 0 Å². The number of hydrogen-bond donors (Lipinski definition) is 2. The van der Waals surface area contributed by atoms with Crippen LogP contribution in [0, 0.1) is 13.8 Å². The molecule has 1 amide bonds. The number of nitrogens with two attached hydrogens (primary N) is 1. The van der Waals surface area contributed by atoms with E-state index in [0.29, 0.717) is 19.4 Å². The van der Waals surface area contributed by atoms with Gasteiger partial charge in [-0.1, -0.05) is 13.0 Å². The molecule has 122 valence electrons. The minimum absolute atomic E-state index is 0.0209. The first-order valence-electron chi connectivity index (χ1n) is 7.71. The first kappa shape index (κ1) is 18.0. The van der Waals surface area contributed by atoms with Crippen molar-refractivity contribution in [3.63, 3.8) is 0 Å². The summed E-state index contributed by atoms with van der Waals surface area (Å²) in [6, 6.07) is 5.47. The van der Waals surface area contributed by atoms with Crippen molar-refractivity contribution in [2.45, 2.75) is 52.5 Å². The number of carboxylic acid groups (broad SMARTS) is 1. The number of hydrogen-bond acceptors (Lipinski definition) is 3. The van der Waals surface area contributed by atoms with Gasteiger partial charge in [0.15, 0.2) is 0 Å². The summed E-state index contributed by atoms with van der Waals surface area (Å²) in [7, 11) is 0. The molecule has 0 unspecified atom stereocenters. The number of carbonyl (C=O) groups excluding carboxylic acids is 1. The maximum absolute atomic E-state index is 11.4. The fourth-order valence-corrected chi connectivity index (χ4v) is 2.69. The second-order valence-corrected chi connectivity index (χ2v) is 5.75. The fourth-order valence-electron chi connectivity index (χ4n) is 2.69. The van der Waals surface area contributed by atoms with E-state index in [0.717, 1.165) is 18.5 Å². The summed E-state index contributed by atoms with van der Waals surface area (Å²) in [6.07, 6.45) is 2.66. The van der Waals surface area contributed by atoms with Crippen molar-refractivity contribution < 1.29 is 14.7 Å². The first-order chi connectivity index (χ1) is 10.3. The Kier molecular flexibility index (Phi) is 6.89. The van der Waals surface area contributed by atoms with Crippen LogP contribution in [0.4, 0.5) is 5.69 Å². The van der Waals surface area contributed by atoms with Gasteiger partial charge in [-0.05, 0) is 56.4 Å². The Bertz CT molecular complexity index is 478. The van der Waals surface area contributed by atoms with E-state index in [1.54, 1.807) is 0 Å². The number of amides is 1. The molecule has 1 aliphatic heterocycles. The highest BCUT2D eigenvalue weighted by molar-refractivity contribution is 5.84. The normalized spacial score (nSPS) is 16.9. The topological polar surface area (TPSA) is 83.6 Å². The molecule has 0 aliphatic carbocycles. The lowest BCUT2D eigenvalue weighted by molar-refractivity contribution is -0.148. The minimum Gasteiger partial charge on any atom is -0.480 e. The van der Waals surface area contributed by atoms with Crippen LogP contribution < -0.4 is 5.73 Å². The van der Waals surface area contributed by atoms with Crippen LogP contribution in [0.3, 0.4) is 0 Å². The van der Waals surface area contributed by atoms with Crippen molar-refractivity contribution in [2.75, 3.05) is 12.3 Å². The molecule has 2 rings (SSSR count). The fraction of sp³-hybridized carbons (Fsp3) is 0.529. The van der Waals surface area contributed by atoms with E-state index >= 15 is 0 Å². The van der Waals surface area contributed by atoms with Gasteiger partial charge in [-0.2, -0.15) is 0 Å². The Hall–Kier alpha value is -2.04. The quantitative estimate of drug-likeness (QED) is 0.841. The number of likely N-dealkylation sites (tertiary alicyclic amines) is 1. The molecule has 22 heavy (non-hydrogen) atoms. The van der Waals surface area contributed by atoms with Crippen LogP contribution in [0.25, 0.3) is 0 Å². The zero-order valence-corrected chi connectivity index (χ0v) is 13.6. The Balaban J connectivity index is 0.000000235. The highest BCUT2D eigenvalue weighted by Gasteiger charge is 2.33. The number of nitrogen functional groups attached to an aromatic ring is 1. The van der Waals surface area contributed by atoms with Crippen LogP contribution in [0.2, 0.25) is 0 Å². The maximum Gasteiger partial charge on any atom is 0.326 e. The summed E-state index contributed by atoms with van der Waals surface area (Å²) in [5.74, 6) is -0.894. The molecule has 1 heterocycles. The molecule has 1 aromatic carbocycles. The third-order valence-electron chi connectivity index (χ3n) is 3.57. The number of benzene rings is 1. The van der Waals surface area contributed by atoms with Crippen LogP contribution in [0.1, 0.15) is 43.7 Å². The molecule has 1 saturated heterocycles. The van der Waals surface area contributed by atoms with Gasteiger partial charge < -0.3 is 15.7 Å². The predicted octanol–water partition coefficient (Wildman–Crippen LogP) is 2.75. The van der Waals surface area contributed by atoms with Crippen LogP contribution >= 0.6 is 0 Å². The summed E-state index contributed by atoms with van der Waals surface area (Å²) in [4.78, 5) is 23.6. The van der Waals surface area contributed by atoms with Crippen LogP contribution in [0.5, 0.6) is 0 Å². The molecule has 0 saturated carbocycles. The largest absolute Gasteiger partial charge is 0.480 e. The van der Waals surface area contributed by atoms with Crippen molar-refractivity contribution in [3.8, 4) is 0 Å². The van der Waals surface area contributed by atoms with Gasteiger partial charge in [-0.3, -0.25) is 4.79 Å². The summed E-state index contributed by atoms with van der Waals surface area (Å²) in [5, 5.41) is 8.81. The van der Waals surface area contributed by atoms with E-state index in [1.165, 1.54) is 16.0 Å². The average molecular weight is 306 g/mol. The molecule has 5 heteroatoms. The molecule has 3 N–H and O–H groups in total. The zero-order valence-electron chi connectivity index (χ0n) is 13.6. The van der Waals surface area contributed by atoms with Gasteiger partial charge in [0.1, 0.15) is 6.04 Å². The third kappa shape index (κ3) is 5.39. The van der Waals surface area contributed by atoms with Gasteiger partial charge in [-0.15, -0.1) is 0 Å². The van der Waals surface area contributed by atoms with Crippen LogP contribution in [0.15, 0.2) is 18.2 Å². The maximum atomic E-state index is 11.4. The number of rotatable bonds is 3. The molecular weight excluding hydrogens is 280 g/mol. The molecule has 1 aromatic rings. The standard InChI is InChI=1S/C9H15NO3.C8H11N/c1-2-4-8(11)10-6-3-5-7(10)9(12)13;1-6-3-7(2)5-8(9)4-6/h7H,2-6H2,1H3,(H,12,13);3-5H,9H2,1-2H3/t7-;/m0./s1. The number of nitrogens with zero attached hydrogens (tertiary/aromatic N) is 1. The second kappa shape index (κ2) is 8.41. The Labute approximate surface area is 132 Å². The summed E-state index contributed by atoms with van der Waals surface area (Å²) < 4.78 is 0. The zero-order chi connectivity index (χ0) is 16.7. The van der Waals surface area contributed by atoms with Gasteiger partial charge in [0.2, 0.25) is 5.91 Å². The lowest BCUT2D eigenvalue weighted by Gasteiger charge is -2.20. The summed E-state index contributed by atoms with van der Waals surface area (Å²) >= 11 is 0. The van der Waals surface area contributed by atoms with Crippen LogP contribution in [-0.4, -0.2) is 34.5 Å². The highest BCUT2D eigenvalue weighted by Crippen LogP contribution is 2.18. The lowest BCUT2D eigenvalue weighted by atomic mass is 10.1. The Morgan fingerprint density at radius 3 is 2.32 bits per heavy atom. The Morgan fingerprint density at radius 1 is 1.27 bits per heavy atom. The second-order valence-electron chi connectivity index (χ2n) is 5.75. The van der Waals surface area contributed by atoms with Crippen molar-refractivity contribution in [3.05, 3.63) is 29.3 Å². The summed E-state index contributed by atoms with van der Waals surface area (Å²) in [5.41, 5.74) is 8.87. The smallest absolute Gasteiger partial charge is 0.326 e. The minimum atomic E-state index is -0.873. The molecule has 1 fully saturated rings. The molecule has 5 nitrogen and oxygen atoms in total. The van der Waals surface area contributed by atoms with E-state index < -0.39 is 12.0 Å². The predicted molar refractivity (Wildman–Crippen MR) is 87.6 cm³/mol. The molecule has 0 bridgehead atoms.